The van der Waals surface area contributed by atoms with Crippen molar-refractivity contribution in [2.75, 3.05) is 6.54 Å². The standard InChI is InChI=1S/C15H31NO4S/c1-13(2,3)9-11(14(4,5)6)12(17)16-10-15(7,8)21(18,19)20/h11H,9-10H2,1-8H3,(H,16,17)(H,18,19,20). The zero-order valence-corrected chi connectivity index (χ0v) is 15.4. The van der Waals surface area contributed by atoms with Gasteiger partial charge in [-0.15, -0.1) is 0 Å². The second-order valence-electron chi connectivity index (χ2n) is 8.64. The van der Waals surface area contributed by atoms with Gasteiger partial charge in [-0.3, -0.25) is 9.35 Å². The van der Waals surface area contributed by atoms with Crippen LogP contribution in [0.5, 0.6) is 0 Å². The van der Waals surface area contributed by atoms with Gasteiger partial charge in [0.2, 0.25) is 5.91 Å². The monoisotopic (exact) mass is 321 g/mol. The average molecular weight is 321 g/mol. The number of carbonyl (C=O) groups is 1. The highest BCUT2D eigenvalue weighted by Crippen LogP contribution is 2.36. The lowest BCUT2D eigenvalue weighted by molar-refractivity contribution is -0.129. The predicted molar refractivity (Wildman–Crippen MR) is 85.7 cm³/mol. The lowest BCUT2D eigenvalue weighted by Gasteiger charge is -2.35. The first-order chi connectivity index (χ1) is 8.97. The maximum Gasteiger partial charge on any atom is 0.271 e. The Balaban J connectivity index is 5.03. The molecule has 0 radical (unpaired) electrons. The van der Waals surface area contributed by atoms with Crippen LogP contribution in [0, 0.1) is 16.7 Å². The lowest BCUT2D eigenvalue weighted by atomic mass is 9.71. The molecule has 0 aliphatic carbocycles. The van der Waals surface area contributed by atoms with Crippen molar-refractivity contribution in [1.29, 1.82) is 0 Å². The quantitative estimate of drug-likeness (QED) is 0.763. The van der Waals surface area contributed by atoms with E-state index in [2.05, 4.69) is 26.1 Å². The highest BCUT2D eigenvalue weighted by atomic mass is 32.2. The minimum absolute atomic E-state index is 0.00609. The number of carbonyl (C=O) groups excluding carboxylic acids is 1. The molecular weight excluding hydrogens is 290 g/mol. The molecule has 1 unspecified atom stereocenters. The summed E-state index contributed by atoms with van der Waals surface area (Å²) in [4.78, 5) is 12.5. The summed E-state index contributed by atoms with van der Waals surface area (Å²) in [6.07, 6.45) is 0.703. The van der Waals surface area contributed by atoms with E-state index in [-0.39, 0.29) is 29.2 Å². The molecular formula is C15H31NO4S. The van der Waals surface area contributed by atoms with Gasteiger partial charge >= 0.3 is 0 Å². The Morgan fingerprint density at radius 1 is 1.05 bits per heavy atom. The molecule has 0 heterocycles. The van der Waals surface area contributed by atoms with Gasteiger partial charge < -0.3 is 5.32 Å². The third-order valence-electron chi connectivity index (χ3n) is 3.57. The first-order valence-corrected chi connectivity index (χ1v) is 8.66. The van der Waals surface area contributed by atoms with Crippen molar-refractivity contribution in [3.05, 3.63) is 0 Å². The van der Waals surface area contributed by atoms with E-state index < -0.39 is 14.9 Å². The smallest absolute Gasteiger partial charge is 0.271 e. The summed E-state index contributed by atoms with van der Waals surface area (Å²) < 4.78 is 30.3. The molecule has 0 spiro atoms. The number of nitrogens with one attached hydrogen (secondary N) is 1. The van der Waals surface area contributed by atoms with E-state index in [0.717, 1.165) is 0 Å². The summed E-state index contributed by atoms with van der Waals surface area (Å²) in [5, 5.41) is 2.68. The third kappa shape index (κ3) is 6.78. The Bertz CT molecular complexity index is 467. The molecule has 0 rings (SSSR count). The highest BCUT2D eigenvalue weighted by molar-refractivity contribution is 7.87. The van der Waals surface area contributed by atoms with E-state index in [9.17, 15) is 13.2 Å². The summed E-state index contributed by atoms with van der Waals surface area (Å²) in [6, 6.07) is 0. The van der Waals surface area contributed by atoms with E-state index in [0.29, 0.717) is 6.42 Å². The third-order valence-corrected chi connectivity index (χ3v) is 5.11. The molecule has 0 saturated heterocycles. The summed E-state index contributed by atoms with van der Waals surface area (Å²) in [6.45, 7) is 14.9. The van der Waals surface area contributed by atoms with Crippen LogP contribution >= 0.6 is 0 Å². The molecule has 2 N–H and O–H groups in total. The molecule has 1 atom stereocenters. The Hall–Kier alpha value is -0.620. The van der Waals surface area contributed by atoms with Gasteiger partial charge in [0.25, 0.3) is 10.1 Å². The molecule has 1 amide bonds. The second-order valence-corrected chi connectivity index (χ2v) is 10.7. The summed E-state index contributed by atoms with van der Waals surface area (Å²) in [5.41, 5.74) is -0.229. The minimum atomic E-state index is -4.21. The van der Waals surface area contributed by atoms with Crippen LogP contribution in [-0.4, -0.2) is 30.2 Å². The maximum absolute atomic E-state index is 12.5. The first kappa shape index (κ1) is 20.4. The molecule has 0 aromatic rings. The van der Waals surface area contributed by atoms with Crippen LogP contribution in [-0.2, 0) is 14.9 Å². The molecule has 0 fully saturated rings. The predicted octanol–water partition coefficient (Wildman–Crippen LogP) is 2.87. The fourth-order valence-corrected chi connectivity index (χ4v) is 2.17. The van der Waals surface area contributed by atoms with Crippen LogP contribution in [0.3, 0.4) is 0 Å². The molecule has 0 saturated carbocycles. The number of rotatable bonds is 5. The summed E-state index contributed by atoms with van der Waals surface area (Å²) >= 11 is 0. The minimum Gasteiger partial charge on any atom is -0.354 e. The maximum atomic E-state index is 12.5. The fourth-order valence-electron chi connectivity index (χ4n) is 1.92. The molecule has 0 bridgehead atoms. The van der Waals surface area contributed by atoms with Gasteiger partial charge in [-0.25, -0.2) is 0 Å². The Morgan fingerprint density at radius 2 is 1.48 bits per heavy atom. The fraction of sp³-hybridized carbons (Fsp3) is 0.933. The van der Waals surface area contributed by atoms with Crippen LogP contribution in [0.4, 0.5) is 0 Å². The molecule has 6 heteroatoms. The van der Waals surface area contributed by atoms with Crippen molar-refractivity contribution >= 4 is 16.0 Å². The Kier molecular flexibility index (Phi) is 6.06. The van der Waals surface area contributed by atoms with E-state index in [1.807, 2.05) is 20.8 Å². The number of amides is 1. The zero-order chi connectivity index (χ0) is 17.3. The van der Waals surface area contributed by atoms with Gasteiger partial charge in [-0.1, -0.05) is 41.5 Å². The number of hydrogen-bond acceptors (Lipinski definition) is 3. The summed E-state index contributed by atoms with van der Waals surface area (Å²) in [7, 11) is -4.21. The average Bonchev–Trinajstić information content (AvgIpc) is 2.18. The van der Waals surface area contributed by atoms with Crippen molar-refractivity contribution in [2.24, 2.45) is 16.7 Å². The van der Waals surface area contributed by atoms with Crippen LogP contribution in [0.25, 0.3) is 0 Å². The molecule has 0 aliphatic heterocycles. The van der Waals surface area contributed by atoms with E-state index >= 15 is 0 Å². The van der Waals surface area contributed by atoms with Gasteiger partial charge in [0.1, 0.15) is 4.75 Å². The SMILES string of the molecule is CC(C)(C)CC(C(=O)NCC(C)(C)S(=O)(=O)O)C(C)(C)C. The molecule has 126 valence electrons. The zero-order valence-electron chi connectivity index (χ0n) is 14.6. The Labute approximate surface area is 129 Å². The van der Waals surface area contributed by atoms with E-state index in [4.69, 9.17) is 4.55 Å². The van der Waals surface area contributed by atoms with Crippen LogP contribution < -0.4 is 5.32 Å². The van der Waals surface area contributed by atoms with Gasteiger partial charge in [0.15, 0.2) is 0 Å². The number of hydrogen-bond donors (Lipinski definition) is 2. The van der Waals surface area contributed by atoms with E-state index in [1.165, 1.54) is 13.8 Å². The van der Waals surface area contributed by atoms with Crippen LogP contribution in [0.15, 0.2) is 0 Å². The molecule has 0 aromatic heterocycles. The van der Waals surface area contributed by atoms with Gasteiger partial charge in [0.05, 0.1) is 0 Å². The van der Waals surface area contributed by atoms with Crippen molar-refractivity contribution in [3.63, 3.8) is 0 Å². The highest BCUT2D eigenvalue weighted by Gasteiger charge is 2.37. The van der Waals surface area contributed by atoms with Gasteiger partial charge in [0, 0.05) is 12.5 Å². The van der Waals surface area contributed by atoms with Crippen molar-refractivity contribution in [2.45, 2.75) is 66.6 Å². The molecule has 21 heavy (non-hydrogen) atoms. The van der Waals surface area contributed by atoms with Crippen molar-refractivity contribution < 1.29 is 17.8 Å². The Morgan fingerprint density at radius 3 is 1.76 bits per heavy atom. The van der Waals surface area contributed by atoms with Gasteiger partial charge in [-0.2, -0.15) is 8.42 Å². The largest absolute Gasteiger partial charge is 0.354 e. The van der Waals surface area contributed by atoms with Crippen LogP contribution in [0.2, 0.25) is 0 Å². The van der Waals surface area contributed by atoms with Crippen molar-refractivity contribution in [1.82, 2.24) is 5.32 Å². The normalized spacial score (nSPS) is 15.7. The van der Waals surface area contributed by atoms with Gasteiger partial charge in [-0.05, 0) is 31.1 Å². The topological polar surface area (TPSA) is 83.5 Å². The lowest BCUT2D eigenvalue weighted by Crippen LogP contribution is -2.48. The molecule has 0 aromatic carbocycles. The van der Waals surface area contributed by atoms with Crippen molar-refractivity contribution in [3.8, 4) is 0 Å². The second kappa shape index (κ2) is 6.24. The molecule has 0 aliphatic rings. The first-order valence-electron chi connectivity index (χ1n) is 7.22. The van der Waals surface area contributed by atoms with Crippen LogP contribution in [0.1, 0.15) is 61.8 Å². The summed E-state index contributed by atoms with van der Waals surface area (Å²) in [5.74, 6) is -0.399. The molecule has 5 nitrogen and oxygen atoms in total. The van der Waals surface area contributed by atoms with E-state index in [1.54, 1.807) is 0 Å².